The first-order chi connectivity index (χ1) is 12.9. The molecule has 0 aliphatic carbocycles. The molecule has 2 N–H and O–H groups in total. The van der Waals surface area contributed by atoms with Crippen molar-refractivity contribution in [1.82, 2.24) is 10.2 Å². The Balaban J connectivity index is 1.85. The maximum Gasteiger partial charge on any atom is 0.329 e. The number of hydrogen-bond acceptors (Lipinski definition) is 4. The summed E-state index contributed by atoms with van der Waals surface area (Å²) in [6.07, 6.45) is 1.52. The maximum absolute atomic E-state index is 13.0. The van der Waals surface area contributed by atoms with Crippen LogP contribution in [-0.2, 0) is 11.3 Å². The summed E-state index contributed by atoms with van der Waals surface area (Å²) in [7, 11) is 0. The summed E-state index contributed by atoms with van der Waals surface area (Å²) in [6.45, 7) is 2.22. The SMILES string of the molecule is CCOc1cc(/C=C2\NC(=O)N(Cc3ccc(F)cc3)C2=O)cc(I)c1O. The number of carbonyl (C=O) groups is 2. The molecule has 0 spiro atoms. The van der Waals surface area contributed by atoms with E-state index in [0.717, 1.165) is 4.90 Å². The average molecular weight is 482 g/mol. The molecule has 6 nitrogen and oxygen atoms in total. The molecule has 2 aromatic rings. The number of phenolic OH excluding ortho intramolecular Hbond substituents is 1. The van der Waals surface area contributed by atoms with E-state index >= 15 is 0 Å². The summed E-state index contributed by atoms with van der Waals surface area (Å²) in [5.74, 6) is -0.538. The highest BCUT2D eigenvalue weighted by Gasteiger charge is 2.33. The zero-order valence-electron chi connectivity index (χ0n) is 14.3. The molecule has 0 bridgehead atoms. The topological polar surface area (TPSA) is 78.9 Å². The molecule has 1 heterocycles. The number of urea groups is 1. The minimum atomic E-state index is -0.547. The molecule has 8 heteroatoms. The quantitative estimate of drug-likeness (QED) is 0.388. The monoisotopic (exact) mass is 482 g/mol. The van der Waals surface area contributed by atoms with Crippen LogP contribution in [0.1, 0.15) is 18.1 Å². The number of carbonyl (C=O) groups excluding carboxylic acids is 2. The zero-order chi connectivity index (χ0) is 19.6. The number of rotatable bonds is 5. The van der Waals surface area contributed by atoms with Gasteiger partial charge < -0.3 is 15.2 Å². The van der Waals surface area contributed by atoms with Crippen molar-refractivity contribution in [3.63, 3.8) is 0 Å². The highest BCUT2D eigenvalue weighted by Crippen LogP contribution is 2.33. The van der Waals surface area contributed by atoms with Crippen molar-refractivity contribution in [3.05, 3.63) is 62.6 Å². The van der Waals surface area contributed by atoms with Crippen molar-refractivity contribution < 1.29 is 23.8 Å². The Hall–Kier alpha value is -2.62. The highest BCUT2D eigenvalue weighted by molar-refractivity contribution is 14.1. The standard InChI is InChI=1S/C19H16FIN2O4/c1-2-27-16-9-12(7-14(21)17(16)24)8-15-18(25)23(19(26)22-15)10-11-3-5-13(20)6-4-11/h3-9,24H,2,10H2,1H3,(H,22,26)/b15-8-. The minimum Gasteiger partial charge on any atom is -0.504 e. The fraction of sp³-hybridized carbons (Fsp3) is 0.158. The van der Waals surface area contributed by atoms with Crippen LogP contribution in [0.2, 0.25) is 0 Å². The van der Waals surface area contributed by atoms with Gasteiger partial charge in [0.1, 0.15) is 11.5 Å². The first-order valence-electron chi connectivity index (χ1n) is 8.13. The van der Waals surface area contributed by atoms with Crippen molar-refractivity contribution in [3.8, 4) is 11.5 Å². The van der Waals surface area contributed by atoms with Gasteiger partial charge in [-0.15, -0.1) is 0 Å². The van der Waals surface area contributed by atoms with Gasteiger partial charge in [-0.1, -0.05) is 12.1 Å². The molecular weight excluding hydrogens is 466 g/mol. The van der Waals surface area contributed by atoms with Gasteiger partial charge >= 0.3 is 6.03 Å². The number of imide groups is 1. The summed E-state index contributed by atoms with van der Waals surface area (Å²) in [4.78, 5) is 25.8. The van der Waals surface area contributed by atoms with Crippen LogP contribution in [0.5, 0.6) is 11.5 Å². The molecule has 3 rings (SSSR count). The lowest BCUT2D eigenvalue weighted by molar-refractivity contribution is -0.123. The van der Waals surface area contributed by atoms with Crippen LogP contribution in [0, 0.1) is 9.39 Å². The predicted octanol–water partition coefficient (Wildman–Crippen LogP) is 3.63. The van der Waals surface area contributed by atoms with Gasteiger partial charge in [0.25, 0.3) is 5.91 Å². The third-order valence-electron chi connectivity index (χ3n) is 3.88. The van der Waals surface area contributed by atoms with Crippen molar-refractivity contribution in [2.45, 2.75) is 13.5 Å². The third kappa shape index (κ3) is 4.21. The molecule has 0 atom stereocenters. The Morgan fingerprint density at radius 2 is 1.96 bits per heavy atom. The zero-order valence-corrected chi connectivity index (χ0v) is 16.5. The molecule has 0 saturated carbocycles. The van der Waals surface area contributed by atoms with Crippen LogP contribution in [0.25, 0.3) is 6.08 Å². The van der Waals surface area contributed by atoms with E-state index in [1.807, 2.05) is 22.6 Å². The first kappa shape index (κ1) is 19.2. The molecule has 1 fully saturated rings. The van der Waals surface area contributed by atoms with Gasteiger partial charge in [0, 0.05) is 0 Å². The Morgan fingerprint density at radius 1 is 1.26 bits per heavy atom. The van der Waals surface area contributed by atoms with Gasteiger partial charge in [-0.2, -0.15) is 0 Å². The number of hydrogen-bond donors (Lipinski definition) is 2. The molecule has 2 aromatic carbocycles. The van der Waals surface area contributed by atoms with Crippen LogP contribution in [-0.4, -0.2) is 28.6 Å². The van der Waals surface area contributed by atoms with Crippen molar-refractivity contribution in [2.24, 2.45) is 0 Å². The van der Waals surface area contributed by atoms with Crippen LogP contribution >= 0.6 is 22.6 Å². The second-order valence-corrected chi connectivity index (χ2v) is 6.95. The van der Waals surface area contributed by atoms with E-state index in [9.17, 15) is 19.1 Å². The van der Waals surface area contributed by atoms with Crippen LogP contribution in [0.15, 0.2) is 42.1 Å². The van der Waals surface area contributed by atoms with E-state index in [-0.39, 0.29) is 23.8 Å². The average Bonchev–Trinajstić information content (AvgIpc) is 2.88. The van der Waals surface area contributed by atoms with Gasteiger partial charge in [-0.3, -0.25) is 9.69 Å². The van der Waals surface area contributed by atoms with Gasteiger partial charge in [0.2, 0.25) is 0 Å². The summed E-state index contributed by atoms with van der Waals surface area (Å²) in [5, 5.41) is 12.5. The molecule has 3 amide bonds. The van der Waals surface area contributed by atoms with E-state index in [0.29, 0.717) is 27.1 Å². The fourth-order valence-electron chi connectivity index (χ4n) is 2.60. The lowest BCUT2D eigenvalue weighted by atomic mass is 10.1. The van der Waals surface area contributed by atoms with Gasteiger partial charge in [-0.05, 0) is 71.0 Å². The number of ether oxygens (including phenoxy) is 1. The van der Waals surface area contributed by atoms with Crippen LogP contribution < -0.4 is 10.1 Å². The van der Waals surface area contributed by atoms with E-state index in [2.05, 4.69) is 5.32 Å². The lowest BCUT2D eigenvalue weighted by Gasteiger charge is -2.11. The van der Waals surface area contributed by atoms with Crippen LogP contribution in [0.3, 0.4) is 0 Å². The number of halogens is 2. The number of phenols is 1. The molecule has 0 aromatic heterocycles. The highest BCUT2D eigenvalue weighted by atomic mass is 127. The van der Waals surface area contributed by atoms with E-state index < -0.39 is 11.9 Å². The Bertz CT molecular complexity index is 928. The summed E-state index contributed by atoms with van der Waals surface area (Å²) >= 11 is 1.96. The number of nitrogens with one attached hydrogen (secondary N) is 1. The molecule has 27 heavy (non-hydrogen) atoms. The smallest absolute Gasteiger partial charge is 0.329 e. The summed E-state index contributed by atoms with van der Waals surface area (Å²) in [5.41, 5.74) is 1.36. The van der Waals surface area contributed by atoms with Crippen molar-refractivity contribution in [2.75, 3.05) is 6.61 Å². The second-order valence-electron chi connectivity index (χ2n) is 5.79. The van der Waals surface area contributed by atoms with E-state index in [1.165, 1.54) is 30.3 Å². The van der Waals surface area contributed by atoms with Gasteiger partial charge in [0.15, 0.2) is 11.5 Å². The van der Waals surface area contributed by atoms with E-state index in [4.69, 9.17) is 4.74 Å². The molecule has 1 aliphatic heterocycles. The normalized spacial score (nSPS) is 15.4. The number of aromatic hydroxyl groups is 1. The first-order valence-corrected chi connectivity index (χ1v) is 9.21. The van der Waals surface area contributed by atoms with E-state index in [1.54, 1.807) is 19.1 Å². The number of nitrogens with zero attached hydrogens (tertiary/aromatic N) is 1. The van der Waals surface area contributed by atoms with Gasteiger partial charge in [0.05, 0.1) is 16.7 Å². The number of benzene rings is 2. The Kier molecular flexibility index (Phi) is 5.64. The largest absolute Gasteiger partial charge is 0.504 e. The summed E-state index contributed by atoms with van der Waals surface area (Å²) < 4.78 is 19.0. The predicted molar refractivity (Wildman–Crippen MR) is 105 cm³/mol. The van der Waals surface area contributed by atoms with Crippen LogP contribution in [0.4, 0.5) is 9.18 Å². The molecule has 0 radical (unpaired) electrons. The van der Waals surface area contributed by atoms with Crippen molar-refractivity contribution in [1.29, 1.82) is 0 Å². The number of amides is 3. The maximum atomic E-state index is 13.0. The molecule has 140 valence electrons. The fourth-order valence-corrected chi connectivity index (χ4v) is 3.22. The third-order valence-corrected chi connectivity index (χ3v) is 4.70. The van der Waals surface area contributed by atoms with Gasteiger partial charge in [-0.25, -0.2) is 9.18 Å². The lowest BCUT2D eigenvalue weighted by Crippen LogP contribution is -2.30. The molecule has 1 saturated heterocycles. The molecule has 0 unspecified atom stereocenters. The Labute approximate surface area is 168 Å². The van der Waals surface area contributed by atoms with Crippen molar-refractivity contribution >= 4 is 40.6 Å². The molecular formula is C19H16FIN2O4. The second kappa shape index (κ2) is 7.95. The molecule has 1 aliphatic rings. The summed E-state index contributed by atoms with van der Waals surface area (Å²) in [6, 6.07) is 8.32. The Morgan fingerprint density at radius 3 is 2.63 bits per heavy atom. The minimum absolute atomic E-state index is 0.0271.